The van der Waals surface area contributed by atoms with E-state index < -0.39 is 0 Å². The largest absolute Gasteiger partial charge is 0.465 e. The number of aromatic nitrogens is 2. The number of pyridine rings is 2. The summed E-state index contributed by atoms with van der Waals surface area (Å²) in [5, 5.41) is 3.82. The second-order valence-corrected chi connectivity index (χ2v) is 6.14. The van der Waals surface area contributed by atoms with E-state index in [9.17, 15) is 0 Å². The fraction of sp³-hybridized carbons (Fsp3) is 0.182. The van der Waals surface area contributed by atoms with Gasteiger partial charge in [0.2, 0.25) is 0 Å². The van der Waals surface area contributed by atoms with Gasteiger partial charge in [-0.2, -0.15) is 0 Å². The predicted molar refractivity (Wildman–Crippen MR) is 107 cm³/mol. The van der Waals surface area contributed by atoms with E-state index >= 15 is 0 Å². The first kappa shape index (κ1) is 18.2. The van der Waals surface area contributed by atoms with Crippen LogP contribution in [0, 0.1) is 0 Å². The summed E-state index contributed by atoms with van der Waals surface area (Å²) in [6, 6.07) is 15.9. The smallest absolute Gasteiger partial charge is 0.188 e. The summed E-state index contributed by atoms with van der Waals surface area (Å²) < 4.78 is 21.4. The molecule has 0 radical (unpaired) electrons. The van der Waals surface area contributed by atoms with Crippen LogP contribution in [0.3, 0.4) is 0 Å². The molecular weight excluding hydrogens is 356 g/mol. The number of ether oxygens (including phenoxy) is 4. The van der Waals surface area contributed by atoms with Gasteiger partial charge < -0.3 is 18.9 Å². The average Bonchev–Trinajstić information content (AvgIpc) is 2.76. The van der Waals surface area contributed by atoms with E-state index in [0.717, 1.165) is 32.9 Å². The van der Waals surface area contributed by atoms with E-state index in [0.29, 0.717) is 11.5 Å². The van der Waals surface area contributed by atoms with Gasteiger partial charge in [0.1, 0.15) is 11.5 Å². The highest BCUT2D eigenvalue weighted by molar-refractivity contribution is 6.05. The maximum absolute atomic E-state index is 5.67. The zero-order chi connectivity index (χ0) is 19.3. The first-order valence-corrected chi connectivity index (χ1v) is 8.83. The van der Waals surface area contributed by atoms with Gasteiger partial charge in [0.05, 0.1) is 23.8 Å². The molecule has 0 atom stereocenters. The van der Waals surface area contributed by atoms with E-state index in [1.165, 1.54) is 0 Å². The third-order valence-corrected chi connectivity index (χ3v) is 4.41. The minimum absolute atomic E-state index is 0.164. The van der Waals surface area contributed by atoms with Crippen LogP contribution in [0.1, 0.15) is 0 Å². The Bertz CT molecular complexity index is 1020. The van der Waals surface area contributed by atoms with Gasteiger partial charge in [0.15, 0.2) is 13.6 Å². The van der Waals surface area contributed by atoms with E-state index in [4.69, 9.17) is 18.9 Å². The molecule has 6 nitrogen and oxygen atoms in total. The third-order valence-electron chi connectivity index (χ3n) is 4.41. The molecule has 0 saturated heterocycles. The lowest BCUT2D eigenvalue weighted by atomic mass is 10.0. The lowest BCUT2D eigenvalue weighted by Gasteiger charge is -2.14. The molecule has 0 bridgehead atoms. The molecule has 4 aromatic rings. The second-order valence-electron chi connectivity index (χ2n) is 6.14. The van der Waals surface area contributed by atoms with Crippen molar-refractivity contribution in [3.05, 3.63) is 60.9 Å². The van der Waals surface area contributed by atoms with Crippen molar-refractivity contribution >= 4 is 21.5 Å². The Morgan fingerprint density at radius 1 is 0.607 bits per heavy atom. The maximum Gasteiger partial charge on any atom is 0.188 e. The Morgan fingerprint density at radius 3 is 1.39 bits per heavy atom. The molecule has 28 heavy (non-hydrogen) atoms. The SMILES string of the molecule is COCOc1cnc(-c2ncc(OCOC)c3ccccc23)c2ccccc12. The molecule has 0 unspecified atom stereocenters. The zero-order valence-electron chi connectivity index (χ0n) is 15.7. The number of hydrogen-bond donors (Lipinski definition) is 0. The Hall–Kier alpha value is -3.22. The van der Waals surface area contributed by atoms with Crippen molar-refractivity contribution in [2.24, 2.45) is 0 Å². The summed E-state index contributed by atoms with van der Waals surface area (Å²) in [5.41, 5.74) is 1.57. The van der Waals surface area contributed by atoms with Gasteiger partial charge in [0, 0.05) is 35.8 Å². The summed E-state index contributed by atoms with van der Waals surface area (Å²) in [6.07, 6.45) is 3.42. The molecule has 2 heterocycles. The Morgan fingerprint density at radius 2 is 1.00 bits per heavy atom. The summed E-state index contributed by atoms with van der Waals surface area (Å²) in [4.78, 5) is 9.33. The molecule has 0 N–H and O–H groups in total. The third kappa shape index (κ3) is 3.35. The molecule has 6 heteroatoms. The normalized spacial score (nSPS) is 11.1. The van der Waals surface area contributed by atoms with Crippen molar-refractivity contribution in [2.75, 3.05) is 27.8 Å². The Labute approximate surface area is 162 Å². The first-order valence-electron chi connectivity index (χ1n) is 8.83. The lowest BCUT2D eigenvalue weighted by molar-refractivity contribution is 0.0518. The Balaban J connectivity index is 1.90. The van der Waals surface area contributed by atoms with Crippen LogP contribution in [0.25, 0.3) is 32.9 Å². The summed E-state index contributed by atoms with van der Waals surface area (Å²) in [7, 11) is 3.18. The predicted octanol–water partition coefficient (Wildman–Crippen LogP) is 4.42. The molecule has 142 valence electrons. The highest BCUT2D eigenvalue weighted by atomic mass is 16.7. The highest BCUT2D eigenvalue weighted by Gasteiger charge is 2.15. The first-order chi connectivity index (χ1) is 13.8. The molecular formula is C22H20N2O4. The van der Waals surface area contributed by atoms with Crippen LogP contribution < -0.4 is 9.47 Å². The van der Waals surface area contributed by atoms with Crippen LogP contribution in [-0.4, -0.2) is 37.8 Å². The lowest BCUT2D eigenvalue weighted by Crippen LogP contribution is -2.02. The summed E-state index contributed by atoms with van der Waals surface area (Å²) in [6.45, 7) is 0.329. The average molecular weight is 376 g/mol. The quantitative estimate of drug-likeness (QED) is 0.445. The molecule has 4 rings (SSSR count). The van der Waals surface area contributed by atoms with Gasteiger partial charge in [-0.15, -0.1) is 0 Å². The topological polar surface area (TPSA) is 62.7 Å². The molecule has 0 aliphatic heterocycles. The van der Waals surface area contributed by atoms with Gasteiger partial charge in [0.25, 0.3) is 0 Å². The molecule has 0 amide bonds. The number of benzene rings is 2. The number of fused-ring (bicyclic) bond motifs is 2. The van der Waals surface area contributed by atoms with Crippen LogP contribution in [-0.2, 0) is 9.47 Å². The maximum atomic E-state index is 5.67. The van der Waals surface area contributed by atoms with Gasteiger partial charge in [-0.1, -0.05) is 48.5 Å². The molecule has 0 aliphatic rings. The molecule has 0 spiro atoms. The molecule has 0 fully saturated rings. The standard InChI is InChI=1S/C22H20N2O4/c1-25-13-27-19-11-23-21(17-9-5-3-7-15(17)19)22-18-10-6-4-8-16(18)20(12-24-22)28-14-26-2/h3-12H,13-14H2,1-2H3. The van der Waals surface area contributed by atoms with Crippen molar-refractivity contribution in [3.63, 3.8) is 0 Å². The number of hydrogen-bond acceptors (Lipinski definition) is 6. The summed E-state index contributed by atoms with van der Waals surface area (Å²) >= 11 is 0. The van der Waals surface area contributed by atoms with Crippen molar-refractivity contribution in [2.45, 2.75) is 0 Å². The van der Waals surface area contributed by atoms with E-state index in [2.05, 4.69) is 9.97 Å². The van der Waals surface area contributed by atoms with Gasteiger partial charge in [-0.25, -0.2) is 0 Å². The van der Waals surface area contributed by atoms with Gasteiger partial charge >= 0.3 is 0 Å². The van der Waals surface area contributed by atoms with E-state index in [1.54, 1.807) is 26.6 Å². The number of methoxy groups -OCH3 is 2. The van der Waals surface area contributed by atoms with E-state index in [-0.39, 0.29) is 13.6 Å². The minimum atomic E-state index is 0.164. The van der Waals surface area contributed by atoms with Gasteiger partial charge in [-0.05, 0) is 0 Å². The number of rotatable bonds is 7. The van der Waals surface area contributed by atoms with Crippen LogP contribution in [0.15, 0.2) is 60.9 Å². The van der Waals surface area contributed by atoms with Crippen molar-refractivity contribution < 1.29 is 18.9 Å². The molecule has 0 saturated carbocycles. The van der Waals surface area contributed by atoms with Crippen LogP contribution in [0.2, 0.25) is 0 Å². The zero-order valence-corrected chi connectivity index (χ0v) is 15.7. The fourth-order valence-electron chi connectivity index (χ4n) is 3.19. The molecule has 2 aromatic carbocycles. The van der Waals surface area contributed by atoms with Crippen molar-refractivity contribution in [3.8, 4) is 22.9 Å². The summed E-state index contributed by atoms with van der Waals surface area (Å²) in [5.74, 6) is 1.34. The Kier molecular flexibility index (Phi) is 5.32. The van der Waals surface area contributed by atoms with Gasteiger partial charge in [-0.3, -0.25) is 9.97 Å². The van der Waals surface area contributed by atoms with Crippen LogP contribution in [0.5, 0.6) is 11.5 Å². The fourth-order valence-corrected chi connectivity index (χ4v) is 3.19. The second kappa shape index (κ2) is 8.21. The molecule has 2 aromatic heterocycles. The van der Waals surface area contributed by atoms with E-state index in [1.807, 2.05) is 48.5 Å². The monoisotopic (exact) mass is 376 g/mol. The van der Waals surface area contributed by atoms with Crippen molar-refractivity contribution in [1.29, 1.82) is 0 Å². The van der Waals surface area contributed by atoms with Crippen LogP contribution in [0.4, 0.5) is 0 Å². The number of nitrogens with zero attached hydrogens (tertiary/aromatic N) is 2. The minimum Gasteiger partial charge on any atom is -0.465 e. The highest BCUT2D eigenvalue weighted by Crippen LogP contribution is 2.37. The van der Waals surface area contributed by atoms with Crippen molar-refractivity contribution in [1.82, 2.24) is 9.97 Å². The molecule has 0 aliphatic carbocycles. The van der Waals surface area contributed by atoms with Crippen LogP contribution >= 0.6 is 0 Å².